The van der Waals surface area contributed by atoms with Crippen molar-refractivity contribution < 1.29 is 31.8 Å². The van der Waals surface area contributed by atoms with Gasteiger partial charge in [0, 0.05) is 59.3 Å². The molecule has 2 N–H and O–H groups in total. The van der Waals surface area contributed by atoms with Crippen molar-refractivity contribution in [3.8, 4) is 22.6 Å². The van der Waals surface area contributed by atoms with Gasteiger partial charge in [0.2, 0.25) is 5.91 Å². The van der Waals surface area contributed by atoms with Crippen molar-refractivity contribution in [3.05, 3.63) is 119 Å². The number of primary amides is 1. The summed E-state index contributed by atoms with van der Waals surface area (Å²) in [6, 6.07) is 19.1. The first-order valence-corrected chi connectivity index (χ1v) is 13.5. The molecule has 0 aliphatic carbocycles. The molecule has 0 bridgehead atoms. The molecule has 0 unspecified atom stereocenters. The maximum Gasteiger partial charge on any atom is 0.248 e. The van der Waals surface area contributed by atoms with Crippen LogP contribution in [0, 0.1) is 23.3 Å². The van der Waals surface area contributed by atoms with Crippen LogP contribution in [0.2, 0.25) is 0 Å². The molecule has 0 spiro atoms. The van der Waals surface area contributed by atoms with Crippen LogP contribution < -0.4 is 10.5 Å². The second-order valence-electron chi connectivity index (χ2n) is 10.2. The number of benzene rings is 4. The molecule has 0 saturated carbocycles. The van der Waals surface area contributed by atoms with Gasteiger partial charge < -0.3 is 19.8 Å². The number of aromatic nitrogens is 1. The molecule has 0 atom stereocenters. The Morgan fingerprint density at radius 3 is 2.33 bits per heavy atom. The Bertz CT molecular complexity index is 1800. The van der Waals surface area contributed by atoms with Crippen LogP contribution in [0.5, 0.6) is 5.75 Å². The standard InChI is InChI=1S/C33H26F4N2O3/c34-22-15-28-31(29(16-22)42-18-19-4-2-1-3-5-19)30(24-8-6-21(33(38)40)14-26(24)36)32(20-10-12-41-13-11-20)39(28)23-7-9-25(35)27(37)17-23/h1-9,14-17,20H,10-13,18H2,(H2,38,40). The number of carbonyl (C=O) groups excluding carboxylic acids is 1. The molecule has 1 amide bonds. The summed E-state index contributed by atoms with van der Waals surface area (Å²) in [6.07, 6.45) is 1.10. The Morgan fingerprint density at radius 2 is 1.64 bits per heavy atom. The predicted octanol–water partition coefficient (Wildman–Crippen LogP) is 7.43. The van der Waals surface area contributed by atoms with E-state index in [-0.39, 0.29) is 35.1 Å². The normalized spacial score (nSPS) is 13.9. The number of amides is 1. The average molecular weight is 575 g/mol. The Balaban J connectivity index is 1.69. The molecule has 1 aliphatic rings. The molecule has 5 aromatic rings. The highest BCUT2D eigenvalue weighted by molar-refractivity contribution is 6.04. The van der Waals surface area contributed by atoms with Gasteiger partial charge in [0.05, 0.1) is 10.9 Å². The summed E-state index contributed by atoms with van der Waals surface area (Å²) in [5, 5.41) is 0.393. The molecule has 4 aromatic carbocycles. The Morgan fingerprint density at radius 1 is 0.881 bits per heavy atom. The van der Waals surface area contributed by atoms with Gasteiger partial charge >= 0.3 is 0 Å². The number of rotatable bonds is 7. The summed E-state index contributed by atoms with van der Waals surface area (Å²) in [5.41, 5.74) is 7.84. The Kier molecular flexibility index (Phi) is 7.43. The number of nitrogens with two attached hydrogens (primary N) is 1. The highest BCUT2D eigenvalue weighted by Crippen LogP contribution is 2.48. The zero-order chi connectivity index (χ0) is 29.4. The summed E-state index contributed by atoms with van der Waals surface area (Å²) >= 11 is 0. The molecule has 1 fully saturated rings. The van der Waals surface area contributed by atoms with E-state index < -0.39 is 29.2 Å². The van der Waals surface area contributed by atoms with Crippen molar-refractivity contribution in [1.29, 1.82) is 0 Å². The van der Waals surface area contributed by atoms with Crippen LogP contribution >= 0.6 is 0 Å². The van der Waals surface area contributed by atoms with E-state index in [0.29, 0.717) is 48.2 Å². The zero-order valence-electron chi connectivity index (χ0n) is 22.4. The summed E-state index contributed by atoms with van der Waals surface area (Å²) < 4.78 is 73.2. The summed E-state index contributed by atoms with van der Waals surface area (Å²) in [4.78, 5) is 11.8. The monoisotopic (exact) mass is 574 g/mol. The molecule has 1 saturated heterocycles. The summed E-state index contributed by atoms with van der Waals surface area (Å²) in [5.74, 6) is -4.31. The number of nitrogens with zero attached hydrogens (tertiary/aromatic N) is 1. The van der Waals surface area contributed by atoms with Gasteiger partial charge in [-0.15, -0.1) is 0 Å². The van der Waals surface area contributed by atoms with Crippen LogP contribution in [0.4, 0.5) is 17.6 Å². The van der Waals surface area contributed by atoms with Crippen molar-refractivity contribution in [2.45, 2.75) is 25.4 Å². The lowest BCUT2D eigenvalue weighted by atomic mass is 9.89. The van der Waals surface area contributed by atoms with Gasteiger partial charge in [0.25, 0.3) is 0 Å². The van der Waals surface area contributed by atoms with Gasteiger partial charge in [-0.05, 0) is 48.7 Å². The van der Waals surface area contributed by atoms with Crippen molar-refractivity contribution in [2.24, 2.45) is 5.73 Å². The minimum absolute atomic E-state index is 0.0141. The third-order valence-corrected chi connectivity index (χ3v) is 7.56. The van der Waals surface area contributed by atoms with Crippen molar-refractivity contribution >= 4 is 16.8 Å². The van der Waals surface area contributed by atoms with Gasteiger partial charge in [-0.1, -0.05) is 36.4 Å². The molecule has 1 aliphatic heterocycles. The average Bonchev–Trinajstić information content (AvgIpc) is 3.33. The Hall–Kier alpha value is -4.63. The number of fused-ring (bicyclic) bond motifs is 1. The maximum absolute atomic E-state index is 15.9. The third-order valence-electron chi connectivity index (χ3n) is 7.56. The third kappa shape index (κ3) is 5.12. The first-order valence-electron chi connectivity index (χ1n) is 13.5. The molecule has 2 heterocycles. The minimum atomic E-state index is -1.08. The van der Waals surface area contributed by atoms with Crippen LogP contribution in [-0.4, -0.2) is 23.7 Å². The fourth-order valence-electron chi connectivity index (χ4n) is 5.62. The first kappa shape index (κ1) is 27.5. The van der Waals surface area contributed by atoms with Crippen molar-refractivity contribution in [2.75, 3.05) is 13.2 Å². The van der Waals surface area contributed by atoms with Gasteiger partial charge in [-0.3, -0.25) is 4.79 Å². The van der Waals surface area contributed by atoms with E-state index in [1.807, 2.05) is 30.3 Å². The lowest BCUT2D eigenvalue weighted by molar-refractivity contribution is 0.0843. The van der Waals surface area contributed by atoms with E-state index in [4.69, 9.17) is 15.2 Å². The number of halogens is 4. The van der Waals surface area contributed by atoms with Crippen molar-refractivity contribution in [1.82, 2.24) is 4.57 Å². The zero-order valence-corrected chi connectivity index (χ0v) is 22.4. The van der Waals surface area contributed by atoms with Crippen molar-refractivity contribution in [3.63, 3.8) is 0 Å². The molecular formula is C33H26F4N2O3. The van der Waals surface area contributed by atoms with Crippen LogP contribution in [0.1, 0.15) is 40.4 Å². The minimum Gasteiger partial charge on any atom is -0.488 e. The first-order chi connectivity index (χ1) is 20.3. The molecule has 42 heavy (non-hydrogen) atoms. The fourth-order valence-corrected chi connectivity index (χ4v) is 5.62. The van der Waals surface area contributed by atoms with Crippen LogP contribution in [0.15, 0.2) is 78.9 Å². The quantitative estimate of drug-likeness (QED) is 0.206. The van der Waals surface area contributed by atoms with E-state index in [1.165, 1.54) is 30.3 Å². The lowest BCUT2D eigenvalue weighted by Gasteiger charge is -2.26. The smallest absolute Gasteiger partial charge is 0.248 e. The molecule has 0 radical (unpaired) electrons. The lowest BCUT2D eigenvalue weighted by Crippen LogP contribution is -2.18. The van der Waals surface area contributed by atoms with Crippen LogP contribution in [-0.2, 0) is 11.3 Å². The number of hydrogen-bond acceptors (Lipinski definition) is 3. The molecular weight excluding hydrogens is 548 g/mol. The Labute approximate surface area is 239 Å². The van der Waals surface area contributed by atoms with E-state index in [0.717, 1.165) is 23.8 Å². The number of ether oxygens (including phenoxy) is 2. The highest BCUT2D eigenvalue weighted by atomic mass is 19.2. The van der Waals surface area contributed by atoms with Gasteiger partial charge in [0.1, 0.15) is 24.0 Å². The predicted molar refractivity (Wildman–Crippen MR) is 151 cm³/mol. The SMILES string of the molecule is NC(=O)c1ccc(-c2c(C3CCOCC3)n(-c3ccc(F)c(F)c3)c3cc(F)cc(OCc4ccccc4)c23)c(F)c1. The van der Waals surface area contributed by atoms with E-state index >= 15 is 8.78 Å². The largest absolute Gasteiger partial charge is 0.488 e. The summed E-state index contributed by atoms with van der Waals surface area (Å²) in [6.45, 7) is 0.960. The number of carbonyl (C=O) groups is 1. The second kappa shape index (κ2) is 11.3. The van der Waals surface area contributed by atoms with Crippen LogP contribution in [0.3, 0.4) is 0 Å². The topological polar surface area (TPSA) is 66.5 Å². The molecule has 9 heteroatoms. The van der Waals surface area contributed by atoms with E-state index in [9.17, 15) is 13.6 Å². The van der Waals surface area contributed by atoms with Gasteiger partial charge in [-0.25, -0.2) is 17.6 Å². The second-order valence-corrected chi connectivity index (χ2v) is 10.2. The molecule has 1 aromatic heterocycles. The molecule has 214 valence electrons. The number of hydrogen-bond donors (Lipinski definition) is 1. The molecule has 5 nitrogen and oxygen atoms in total. The van der Waals surface area contributed by atoms with Gasteiger partial charge in [0.15, 0.2) is 11.6 Å². The molecule has 6 rings (SSSR count). The van der Waals surface area contributed by atoms with E-state index in [1.54, 1.807) is 4.57 Å². The van der Waals surface area contributed by atoms with E-state index in [2.05, 4.69) is 0 Å². The maximum atomic E-state index is 15.9. The van der Waals surface area contributed by atoms with Crippen LogP contribution in [0.25, 0.3) is 27.7 Å². The van der Waals surface area contributed by atoms with Gasteiger partial charge in [-0.2, -0.15) is 0 Å². The fraction of sp³-hybridized carbons (Fsp3) is 0.182. The summed E-state index contributed by atoms with van der Waals surface area (Å²) in [7, 11) is 0. The highest BCUT2D eigenvalue weighted by Gasteiger charge is 2.31.